The Labute approximate surface area is 199 Å². The van der Waals surface area contributed by atoms with Crippen LogP contribution in [0.4, 0.5) is 18.9 Å². The Morgan fingerprint density at radius 2 is 1.71 bits per heavy atom. The summed E-state index contributed by atoms with van der Waals surface area (Å²) in [5, 5.41) is 2.70. The van der Waals surface area contributed by atoms with E-state index in [1.54, 1.807) is 37.6 Å². The molecule has 1 aliphatic heterocycles. The number of pyridine rings is 1. The average Bonchev–Trinajstić information content (AvgIpc) is 2.85. The topological polar surface area (TPSA) is 80.8 Å². The van der Waals surface area contributed by atoms with E-state index in [9.17, 15) is 22.8 Å². The first-order valence-electron chi connectivity index (χ1n) is 10.6. The van der Waals surface area contributed by atoms with Crippen molar-refractivity contribution < 1.29 is 32.2 Å². The summed E-state index contributed by atoms with van der Waals surface area (Å²) in [5.74, 6) is -1.09. The number of halogens is 3. The number of methoxy groups -OCH3 is 2. The molecule has 10 heteroatoms. The number of hydrogen-bond acceptors (Lipinski definition) is 5. The summed E-state index contributed by atoms with van der Waals surface area (Å²) >= 11 is 0. The number of carbonyl (C=O) groups is 2. The molecular formula is C25H22F3N3O4. The molecule has 2 unspecified atom stereocenters. The lowest BCUT2D eigenvalue weighted by molar-refractivity contribution is -0.137. The van der Waals surface area contributed by atoms with Crippen LogP contribution < -0.4 is 14.8 Å². The van der Waals surface area contributed by atoms with Crippen molar-refractivity contribution >= 4 is 17.5 Å². The average molecular weight is 485 g/mol. The fourth-order valence-electron chi connectivity index (χ4n) is 4.26. The largest absolute Gasteiger partial charge is 0.493 e. The molecule has 0 fully saturated rings. The second kappa shape index (κ2) is 9.28. The van der Waals surface area contributed by atoms with Gasteiger partial charge in [-0.1, -0.05) is 6.07 Å². The molecule has 0 saturated carbocycles. The minimum atomic E-state index is -4.49. The summed E-state index contributed by atoms with van der Waals surface area (Å²) < 4.78 is 49.5. The van der Waals surface area contributed by atoms with Crippen LogP contribution in [0, 0.1) is 0 Å². The summed E-state index contributed by atoms with van der Waals surface area (Å²) in [6.45, 7) is 0. The number of benzene rings is 2. The van der Waals surface area contributed by atoms with Crippen molar-refractivity contribution in [2.45, 2.75) is 18.1 Å². The van der Waals surface area contributed by atoms with E-state index in [0.29, 0.717) is 22.6 Å². The highest BCUT2D eigenvalue weighted by atomic mass is 19.4. The van der Waals surface area contributed by atoms with Gasteiger partial charge in [0.05, 0.1) is 31.7 Å². The first kappa shape index (κ1) is 24.1. The van der Waals surface area contributed by atoms with Gasteiger partial charge in [0, 0.05) is 30.7 Å². The molecule has 7 nitrogen and oxygen atoms in total. The first-order chi connectivity index (χ1) is 16.7. The highest BCUT2D eigenvalue weighted by Crippen LogP contribution is 2.45. The monoisotopic (exact) mass is 485 g/mol. The minimum absolute atomic E-state index is 0.189. The number of anilines is 1. The number of aromatic nitrogens is 1. The number of nitrogens with zero attached hydrogens (tertiary/aromatic N) is 2. The maximum Gasteiger partial charge on any atom is 0.416 e. The smallest absolute Gasteiger partial charge is 0.416 e. The van der Waals surface area contributed by atoms with E-state index >= 15 is 0 Å². The van der Waals surface area contributed by atoms with Gasteiger partial charge in [0.15, 0.2) is 11.5 Å². The third-order valence-corrected chi connectivity index (χ3v) is 5.96. The van der Waals surface area contributed by atoms with Gasteiger partial charge in [-0.3, -0.25) is 14.6 Å². The lowest BCUT2D eigenvalue weighted by Crippen LogP contribution is -2.44. The van der Waals surface area contributed by atoms with Gasteiger partial charge in [-0.25, -0.2) is 0 Å². The number of carbonyl (C=O) groups excluding carboxylic acids is 2. The van der Waals surface area contributed by atoms with Crippen LogP contribution >= 0.6 is 0 Å². The fraction of sp³-hybridized carbons (Fsp3) is 0.240. The van der Waals surface area contributed by atoms with Crippen molar-refractivity contribution in [3.05, 3.63) is 83.2 Å². The molecule has 1 aromatic heterocycles. The number of fused-ring (bicyclic) bond motifs is 1. The standard InChI is InChI=1S/C25H22F3N3O4/c1-31-22(14-5-4-10-29-13-14)21(17-11-19(34-2)20(35-3)12-18(17)24(31)33)23(32)30-16-8-6-15(7-9-16)25(26,27)28/h4-13,21-22H,1-3H3,(H,30,32). The molecule has 2 aromatic carbocycles. The van der Waals surface area contributed by atoms with Gasteiger partial charge in [-0.05, 0) is 53.6 Å². The van der Waals surface area contributed by atoms with Crippen molar-refractivity contribution in [3.8, 4) is 11.5 Å². The molecule has 0 aliphatic carbocycles. The van der Waals surface area contributed by atoms with E-state index < -0.39 is 29.6 Å². The molecule has 2 atom stereocenters. The third-order valence-electron chi connectivity index (χ3n) is 5.96. The van der Waals surface area contributed by atoms with Crippen molar-refractivity contribution in [2.24, 2.45) is 0 Å². The summed E-state index contributed by atoms with van der Waals surface area (Å²) in [6, 6.07) is 9.99. The predicted octanol–water partition coefficient (Wildman–Crippen LogP) is 4.67. The van der Waals surface area contributed by atoms with E-state index in [-0.39, 0.29) is 17.2 Å². The number of alkyl halides is 3. The maximum atomic E-state index is 13.6. The van der Waals surface area contributed by atoms with Crippen molar-refractivity contribution in [1.82, 2.24) is 9.88 Å². The van der Waals surface area contributed by atoms with Gasteiger partial charge < -0.3 is 19.7 Å². The SMILES string of the molecule is COc1cc2c(cc1OC)C(C(=O)Nc1ccc(C(F)(F)F)cc1)C(c1cccnc1)N(C)C2=O. The highest BCUT2D eigenvalue weighted by Gasteiger charge is 2.43. The molecule has 35 heavy (non-hydrogen) atoms. The Kier molecular flexibility index (Phi) is 6.38. The summed E-state index contributed by atoms with van der Waals surface area (Å²) in [6.07, 6.45) is -1.35. The van der Waals surface area contributed by atoms with Gasteiger partial charge in [0.25, 0.3) is 5.91 Å². The summed E-state index contributed by atoms with van der Waals surface area (Å²) in [7, 11) is 4.46. The van der Waals surface area contributed by atoms with E-state index in [1.807, 2.05) is 0 Å². The Balaban J connectivity index is 1.81. The molecule has 182 valence electrons. The molecule has 1 aliphatic rings. The van der Waals surface area contributed by atoms with Gasteiger partial charge in [0.2, 0.25) is 5.91 Å². The molecule has 3 aromatic rings. The van der Waals surface area contributed by atoms with E-state index in [1.165, 1.54) is 37.3 Å². The van der Waals surface area contributed by atoms with E-state index in [0.717, 1.165) is 12.1 Å². The van der Waals surface area contributed by atoms with Gasteiger partial charge >= 0.3 is 6.18 Å². The van der Waals surface area contributed by atoms with Crippen molar-refractivity contribution in [3.63, 3.8) is 0 Å². The van der Waals surface area contributed by atoms with E-state index in [2.05, 4.69) is 10.3 Å². The molecule has 1 N–H and O–H groups in total. The van der Waals surface area contributed by atoms with Crippen LogP contribution in [0.2, 0.25) is 0 Å². The van der Waals surface area contributed by atoms with Gasteiger partial charge in [-0.2, -0.15) is 13.2 Å². The van der Waals surface area contributed by atoms with Crippen LogP contribution in [0.25, 0.3) is 0 Å². The molecule has 2 amide bonds. The van der Waals surface area contributed by atoms with Crippen LogP contribution in [0.5, 0.6) is 11.5 Å². The molecule has 4 rings (SSSR count). The second-order valence-corrected chi connectivity index (χ2v) is 7.98. The first-order valence-corrected chi connectivity index (χ1v) is 10.6. The van der Waals surface area contributed by atoms with Crippen LogP contribution in [0.1, 0.15) is 39.0 Å². The number of nitrogens with one attached hydrogen (secondary N) is 1. The zero-order valence-corrected chi connectivity index (χ0v) is 19.1. The van der Waals surface area contributed by atoms with Crippen LogP contribution in [-0.4, -0.2) is 43.0 Å². The number of likely N-dealkylation sites (N-methyl/N-ethyl adjacent to an activating group) is 1. The number of amides is 2. The third kappa shape index (κ3) is 4.51. The molecule has 0 saturated heterocycles. The van der Waals surface area contributed by atoms with E-state index in [4.69, 9.17) is 9.47 Å². The Bertz CT molecular complexity index is 1250. The van der Waals surface area contributed by atoms with Gasteiger partial charge in [0.1, 0.15) is 0 Å². The molecule has 0 bridgehead atoms. The lowest BCUT2D eigenvalue weighted by Gasteiger charge is -2.39. The van der Waals surface area contributed by atoms with Crippen LogP contribution in [-0.2, 0) is 11.0 Å². The van der Waals surface area contributed by atoms with Gasteiger partial charge in [-0.15, -0.1) is 0 Å². The van der Waals surface area contributed by atoms with Crippen LogP contribution in [0.15, 0.2) is 60.9 Å². The second-order valence-electron chi connectivity index (χ2n) is 7.98. The minimum Gasteiger partial charge on any atom is -0.493 e. The van der Waals surface area contributed by atoms with Crippen LogP contribution in [0.3, 0.4) is 0 Å². The highest BCUT2D eigenvalue weighted by molar-refractivity contribution is 6.04. The zero-order valence-electron chi connectivity index (χ0n) is 19.1. The Morgan fingerprint density at radius 1 is 1.06 bits per heavy atom. The lowest BCUT2D eigenvalue weighted by atomic mass is 9.79. The van der Waals surface area contributed by atoms with Crippen molar-refractivity contribution in [2.75, 3.05) is 26.6 Å². The number of rotatable bonds is 5. The Hall–Kier alpha value is -4.08. The quantitative estimate of drug-likeness (QED) is 0.568. The summed E-state index contributed by atoms with van der Waals surface area (Å²) in [5.41, 5.74) is 0.654. The molecule has 2 heterocycles. The molecule has 0 radical (unpaired) electrons. The summed E-state index contributed by atoms with van der Waals surface area (Å²) in [4.78, 5) is 32.5. The Morgan fingerprint density at radius 3 is 2.29 bits per heavy atom. The fourth-order valence-corrected chi connectivity index (χ4v) is 4.26. The number of ether oxygens (including phenoxy) is 2. The normalized spacial score (nSPS) is 17.5. The predicted molar refractivity (Wildman–Crippen MR) is 121 cm³/mol. The number of hydrogen-bond donors (Lipinski definition) is 1. The maximum absolute atomic E-state index is 13.6. The molecular weight excluding hydrogens is 463 g/mol. The van der Waals surface area contributed by atoms with Crippen molar-refractivity contribution in [1.29, 1.82) is 0 Å². The zero-order chi connectivity index (χ0) is 25.3. The molecule has 0 spiro atoms.